The SMILES string of the molecule is O=C(NCc1ccccc1F)C1CCc2cnc(NCC(F)(F)c3cccc[n+]3[O-])c(=O)n21. The minimum absolute atomic E-state index is 0.0548. The van der Waals surface area contributed by atoms with Crippen molar-refractivity contribution in [1.29, 1.82) is 0 Å². The van der Waals surface area contributed by atoms with Crippen LogP contribution in [0.25, 0.3) is 0 Å². The Morgan fingerprint density at radius 2 is 2.00 bits per heavy atom. The van der Waals surface area contributed by atoms with Crippen LogP contribution in [0.4, 0.5) is 19.0 Å². The van der Waals surface area contributed by atoms with Gasteiger partial charge in [0.05, 0.1) is 6.54 Å². The number of hydrogen-bond donors (Lipinski definition) is 2. The maximum absolute atomic E-state index is 14.5. The molecule has 0 spiro atoms. The molecule has 2 aromatic heterocycles. The van der Waals surface area contributed by atoms with Crippen molar-refractivity contribution in [2.75, 3.05) is 11.9 Å². The van der Waals surface area contributed by atoms with Crippen LogP contribution in [0.15, 0.2) is 59.7 Å². The van der Waals surface area contributed by atoms with Crippen LogP contribution < -0.4 is 20.9 Å². The third-order valence-corrected chi connectivity index (χ3v) is 5.45. The standard InChI is InChI=1S/C22H20F3N5O3/c23-16-6-2-1-5-14(16)11-27-20(31)17-9-8-15-12-26-19(21(32)30(15)17)28-13-22(24,25)18-7-3-4-10-29(18)33/h1-7,10,12,17H,8-9,11,13H2,(H,26,28)(H,27,31). The normalized spacial score (nSPS) is 15.2. The van der Waals surface area contributed by atoms with Crippen molar-refractivity contribution in [2.45, 2.75) is 31.4 Å². The van der Waals surface area contributed by atoms with Crippen LogP contribution in [-0.2, 0) is 23.7 Å². The Labute approximate surface area is 186 Å². The van der Waals surface area contributed by atoms with E-state index in [0.717, 1.165) is 12.3 Å². The number of amides is 1. The van der Waals surface area contributed by atoms with Gasteiger partial charge in [0, 0.05) is 36.1 Å². The van der Waals surface area contributed by atoms with Crippen molar-refractivity contribution in [3.05, 3.63) is 93.2 Å². The number of aromatic nitrogens is 3. The molecule has 0 radical (unpaired) electrons. The second-order valence-electron chi connectivity index (χ2n) is 7.61. The number of alkyl halides is 2. The number of benzene rings is 1. The van der Waals surface area contributed by atoms with Gasteiger partial charge in [-0.3, -0.25) is 14.2 Å². The highest BCUT2D eigenvalue weighted by Gasteiger charge is 2.40. The fourth-order valence-corrected chi connectivity index (χ4v) is 3.75. The zero-order valence-corrected chi connectivity index (χ0v) is 17.3. The summed E-state index contributed by atoms with van der Waals surface area (Å²) in [6.07, 6.45) is 3.02. The van der Waals surface area contributed by atoms with Gasteiger partial charge in [-0.1, -0.05) is 18.2 Å². The van der Waals surface area contributed by atoms with E-state index in [1.165, 1.54) is 41.1 Å². The molecule has 172 valence electrons. The summed E-state index contributed by atoms with van der Waals surface area (Å²) in [5.74, 6) is -4.88. The van der Waals surface area contributed by atoms with Crippen LogP contribution in [-0.4, -0.2) is 22.0 Å². The molecule has 8 nitrogen and oxygen atoms in total. The van der Waals surface area contributed by atoms with E-state index in [0.29, 0.717) is 24.1 Å². The van der Waals surface area contributed by atoms with E-state index in [4.69, 9.17) is 0 Å². The molecular weight excluding hydrogens is 439 g/mol. The van der Waals surface area contributed by atoms with Gasteiger partial charge in [0.1, 0.15) is 11.9 Å². The molecule has 3 aromatic rings. The second kappa shape index (κ2) is 8.93. The van der Waals surface area contributed by atoms with Crippen molar-refractivity contribution in [1.82, 2.24) is 14.9 Å². The predicted molar refractivity (Wildman–Crippen MR) is 112 cm³/mol. The lowest BCUT2D eigenvalue weighted by Gasteiger charge is -2.18. The average molecular weight is 459 g/mol. The molecule has 0 saturated carbocycles. The summed E-state index contributed by atoms with van der Waals surface area (Å²) in [4.78, 5) is 29.5. The number of halogens is 3. The molecule has 1 aliphatic heterocycles. The molecule has 11 heteroatoms. The molecular formula is C22H20F3N5O3. The molecule has 33 heavy (non-hydrogen) atoms. The molecule has 1 aromatic carbocycles. The van der Waals surface area contributed by atoms with Crippen molar-refractivity contribution >= 4 is 11.7 Å². The van der Waals surface area contributed by atoms with E-state index >= 15 is 0 Å². The van der Waals surface area contributed by atoms with Gasteiger partial charge in [-0.2, -0.15) is 13.5 Å². The molecule has 4 rings (SSSR count). The summed E-state index contributed by atoms with van der Waals surface area (Å²) in [7, 11) is 0. The summed E-state index contributed by atoms with van der Waals surface area (Å²) < 4.78 is 44.0. The van der Waals surface area contributed by atoms with Crippen LogP contribution in [0, 0.1) is 11.0 Å². The van der Waals surface area contributed by atoms with Gasteiger partial charge < -0.3 is 15.8 Å². The molecule has 1 aliphatic rings. The summed E-state index contributed by atoms with van der Waals surface area (Å²) in [6, 6.07) is 8.75. The van der Waals surface area contributed by atoms with E-state index in [9.17, 15) is 28.0 Å². The highest BCUT2D eigenvalue weighted by molar-refractivity contribution is 5.81. The van der Waals surface area contributed by atoms with Gasteiger partial charge in [0.25, 0.3) is 11.3 Å². The number of carbonyl (C=O) groups excluding carboxylic acids is 1. The maximum Gasteiger partial charge on any atom is 0.347 e. The smallest absolute Gasteiger partial charge is 0.347 e. The minimum atomic E-state index is -3.57. The van der Waals surface area contributed by atoms with Crippen molar-refractivity contribution < 1.29 is 22.7 Å². The molecule has 2 N–H and O–H groups in total. The quantitative estimate of drug-likeness (QED) is 0.416. The zero-order valence-electron chi connectivity index (χ0n) is 17.3. The lowest BCUT2D eigenvalue weighted by atomic mass is 10.1. The summed E-state index contributed by atoms with van der Waals surface area (Å²) in [6.45, 7) is -1.09. The number of hydrogen-bond acceptors (Lipinski definition) is 5. The first-order chi connectivity index (χ1) is 15.8. The Kier molecular flexibility index (Phi) is 6.03. The Bertz CT molecular complexity index is 1250. The number of aryl methyl sites for hydroxylation is 1. The largest absolute Gasteiger partial charge is 0.618 e. The zero-order chi connectivity index (χ0) is 23.6. The third-order valence-electron chi connectivity index (χ3n) is 5.45. The van der Waals surface area contributed by atoms with Crippen LogP contribution in [0.3, 0.4) is 0 Å². The molecule has 1 amide bonds. The van der Waals surface area contributed by atoms with Crippen LogP contribution in [0.5, 0.6) is 0 Å². The van der Waals surface area contributed by atoms with E-state index in [-0.39, 0.29) is 17.1 Å². The number of fused-ring (bicyclic) bond motifs is 1. The topological polar surface area (TPSA) is 103 Å². The summed E-state index contributed by atoms with van der Waals surface area (Å²) in [5.41, 5.74) is -0.713. The Morgan fingerprint density at radius 1 is 1.24 bits per heavy atom. The lowest BCUT2D eigenvalue weighted by Crippen LogP contribution is -2.42. The second-order valence-corrected chi connectivity index (χ2v) is 7.61. The highest BCUT2D eigenvalue weighted by Crippen LogP contribution is 2.26. The predicted octanol–water partition coefficient (Wildman–Crippen LogP) is 2.02. The highest BCUT2D eigenvalue weighted by atomic mass is 19.3. The lowest BCUT2D eigenvalue weighted by molar-refractivity contribution is -0.624. The Balaban J connectivity index is 1.50. The maximum atomic E-state index is 14.5. The first-order valence-corrected chi connectivity index (χ1v) is 10.2. The fraction of sp³-hybridized carbons (Fsp3) is 0.273. The average Bonchev–Trinajstić information content (AvgIpc) is 3.23. The first kappa shape index (κ1) is 22.3. The molecule has 1 atom stereocenters. The Morgan fingerprint density at radius 3 is 2.76 bits per heavy atom. The van der Waals surface area contributed by atoms with E-state index in [1.807, 2.05) is 0 Å². The van der Waals surface area contributed by atoms with Crippen molar-refractivity contribution in [3.8, 4) is 0 Å². The van der Waals surface area contributed by atoms with Gasteiger partial charge in [0.15, 0.2) is 12.0 Å². The third kappa shape index (κ3) is 4.52. The monoisotopic (exact) mass is 459 g/mol. The number of nitrogens with one attached hydrogen (secondary N) is 2. The first-order valence-electron chi connectivity index (χ1n) is 10.2. The van der Waals surface area contributed by atoms with Gasteiger partial charge in [-0.25, -0.2) is 9.37 Å². The number of anilines is 1. The minimum Gasteiger partial charge on any atom is -0.618 e. The number of nitrogens with zero attached hydrogens (tertiary/aromatic N) is 3. The fourth-order valence-electron chi connectivity index (χ4n) is 3.75. The number of pyridine rings is 1. The molecule has 3 heterocycles. The van der Waals surface area contributed by atoms with Gasteiger partial charge in [-0.15, -0.1) is 0 Å². The molecule has 0 saturated heterocycles. The van der Waals surface area contributed by atoms with Gasteiger partial charge in [-0.05, 0) is 25.0 Å². The number of carbonyl (C=O) groups is 1. The van der Waals surface area contributed by atoms with E-state index in [2.05, 4.69) is 15.6 Å². The summed E-state index contributed by atoms with van der Waals surface area (Å²) in [5, 5.41) is 16.6. The molecule has 0 fully saturated rings. The van der Waals surface area contributed by atoms with Crippen LogP contribution in [0.2, 0.25) is 0 Å². The molecule has 0 aliphatic carbocycles. The van der Waals surface area contributed by atoms with Crippen LogP contribution >= 0.6 is 0 Å². The number of rotatable bonds is 7. The van der Waals surface area contributed by atoms with Gasteiger partial charge in [0.2, 0.25) is 5.91 Å². The van der Waals surface area contributed by atoms with Crippen LogP contribution in [0.1, 0.15) is 29.4 Å². The molecule has 1 unspecified atom stereocenters. The summed E-state index contributed by atoms with van der Waals surface area (Å²) >= 11 is 0. The van der Waals surface area contributed by atoms with E-state index in [1.54, 1.807) is 6.07 Å². The van der Waals surface area contributed by atoms with Gasteiger partial charge >= 0.3 is 5.92 Å². The Hall–Kier alpha value is -3.89. The van der Waals surface area contributed by atoms with E-state index < -0.39 is 41.5 Å². The molecule has 0 bridgehead atoms. The van der Waals surface area contributed by atoms with Crippen molar-refractivity contribution in [3.63, 3.8) is 0 Å². The van der Waals surface area contributed by atoms with Crippen molar-refractivity contribution in [2.24, 2.45) is 0 Å².